The molecule has 0 amide bonds. The number of hydrogen-bond acceptors (Lipinski definition) is 3. The lowest BCUT2D eigenvalue weighted by Gasteiger charge is -1.78. The minimum Gasteiger partial charge on any atom is -0.297 e. The van der Waals surface area contributed by atoms with Crippen molar-refractivity contribution in [2.75, 3.05) is 0 Å². The number of nitrogens with one attached hydrogen (secondary N) is 2. The molecule has 0 saturated carbocycles. The van der Waals surface area contributed by atoms with E-state index in [-0.39, 0.29) is 10.9 Å². The molecule has 0 aromatic carbocycles. The van der Waals surface area contributed by atoms with E-state index in [1.807, 2.05) is 0 Å². The molecule has 0 aromatic rings. The Balaban J connectivity index is 3.85. The summed E-state index contributed by atoms with van der Waals surface area (Å²) in [7, 11) is 0. The van der Waals surface area contributed by atoms with Gasteiger partial charge >= 0.3 is 0 Å². The Labute approximate surface area is 57.3 Å². The predicted molar refractivity (Wildman–Crippen MR) is 36.5 cm³/mol. The average Bonchev–Trinajstić information content (AvgIpc) is 1.83. The Hall–Kier alpha value is -0.960. The zero-order valence-corrected chi connectivity index (χ0v) is 5.27. The van der Waals surface area contributed by atoms with Gasteiger partial charge in [-0.3, -0.25) is 15.6 Å². The van der Waals surface area contributed by atoms with Crippen LogP contribution in [0.2, 0.25) is 0 Å². The first-order valence-electron chi connectivity index (χ1n) is 2.12. The van der Waals surface area contributed by atoms with Crippen LogP contribution < -0.4 is 0 Å². The third kappa shape index (κ3) is 4.90. The second-order valence-electron chi connectivity index (χ2n) is 1.25. The van der Waals surface area contributed by atoms with Crippen molar-refractivity contribution in [3.8, 4) is 0 Å². The molecule has 0 aliphatic rings. The first-order valence-corrected chi connectivity index (χ1v) is 2.50. The molecular weight excluding hydrogens is 140 g/mol. The van der Waals surface area contributed by atoms with Crippen molar-refractivity contribution in [2.24, 2.45) is 0 Å². The van der Waals surface area contributed by atoms with Gasteiger partial charge in [0.1, 0.15) is 5.17 Å². The summed E-state index contributed by atoms with van der Waals surface area (Å²) >= 11 is 5.06. The van der Waals surface area contributed by atoms with Gasteiger partial charge in [0, 0.05) is 0 Å². The molecule has 0 rings (SSSR count). The predicted octanol–water partition coefficient (Wildman–Crippen LogP) is 0.977. The van der Waals surface area contributed by atoms with Crippen LogP contribution in [0.4, 0.5) is 0 Å². The highest BCUT2D eigenvalue weighted by molar-refractivity contribution is 6.67. The van der Waals surface area contributed by atoms with Crippen LogP contribution >= 0.6 is 11.6 Å². The molecule has 3 nitrogen and oxygen atoms in total. The second kappa shape index (κ2) is 3.97. The molecule has 0 atom stereocenters. The summed E-state index contributed by atoms with van der Waals surface area (Å²) in [5, 5.41) is 13.2. The van der Waals surface area contributed by atoms with E-state index in [1.54, 1.807) is 0 Å². The lowest BCUT2D eigenvalue weighted by Crippen LogP contribution is -1.90. The standard InChI is InChI=1S/C5H5ClN2O/c6-5(8)2-1-4(7)3-9/h1-3,7-8H/b2-1-,7-4?,8-5?. The lowest BCUT2D eigenvalue weighted by molar-refractivity contribution is -0.102. The van der Waals surface area contributed by atoms with Crippen LogP contribution in [0.3, 0.4) is 0 Å². The van der Waals surface area contributed by atoms with Gasteiger partial charge in [-0.2, -0.15) is 0 Å². The van der Waals surface area contributed by atoms with E-state index >= 15 is 0 Å². The fraction of sp³-hybridized carbons (Fsp3) is 0. The van der Waals surface area contributed by atoms with Gasteiger partial charge in [0.15, 0.2) is 6.29 Å². The number of aldehydes is 1. The number of hydrogen-bond donors (Lipinski definition) is 2. The van der Waals surface area contributed by atoms with Crippen LogP contribution in [0.15, 0.2) is 12.2 Å². The molecule has 9 heavy (non-hydrogen) atoms. The maximum Gasteiger partial charge on any atom is 0.167 e. The Kier molecular flexibility index (Phi) is 3.55. The summed E-state index contributed by atoms with van der Waals surface area (Å²) in [5.41, 5.74) is -0.194. The van der Waals surface area contributed by atoms with E-state index in [0.29, 0.717) is 6.29 Å². The van der Waals surface area contributed by atoms with E-state index in [9.17, 15) is 4.79 Å². The van der Waals surface area contributed by atoms with Crippen molar-refractivity contribution >= 4 is 28.8 Å². The molecule has 48 valence electrons. The third-order valence-corrected chi connectivity index (χ3v) is 0.662. The maximum absolute atomic E-state index is 9.73. The van der Waals surface area contributed by atoms with Crippen LogP contribution in [0.25, 0.3) is 0 Å². The normalized spacial score (nSPS) is 9.44. The van der Waals surface area contributed by atoms with Crippen molar-refractivity contribution in [1.29, 1.82) is 10.8 Å². The number of carbonyl (C=O) groups is 1. The Morgan fingerprint density at radius 3 is 2.22 bits per heavy atom. The summed E-state index contributed by atoms with van der Waals surface area (Å²) in [6, 6.07) is 0. The first kappa shape index (κ1) is 8.04. The van der Waals surface area contributed by atoms with Gasteiger partial charge in [-0.15, -0.1) is 0 Å². The molecule has 0 heterocycles. The molecule has 0 aromatic heterocycles. The van der Waals surface area contributed by atoms with Crippen molar-refractivity contribution in [2.45, 2.75) is 0 Å². The van der Waals surface area contributed by atoms with E-state index in [0.717, 1.165) is 12.2 Å². The average molecular weight is 145 g/mol. The fourth-order valence-electron chi connectivity index (χ4n) is 0.202. The van der Waals surface area contributed by atoms with Crippen LogP contribution in [-0.4, -0.2) is 17.2 Å². The Morgan fingerprint density at radius 2 is 1.89 bits per heavy atom. The van der Waals surface area contributed by atoms with Crippen LogP contribution in [0.5, 0.6) is 0 Å². The third-order valence-electron chi connectivity index (χ3n) is 0.536. The molecule has 0 saturated heterocycles. The van der Waals surface area contributed by atoms with E-state index < -0.39 is 0 Å². The largest absolute Gasteiger partial charge is 0.297 e. The monoisotopic (exact) mass is 144 g/mol. The lowest BCUT2D eigenvalue weighted by atomic mass is 10.4. The van der Waals surface area contributed by atoms with Crippen molar-refractivity contribution < 1.29 is 4.79 Å². The summed E-state index contributed by atoms with van der Waals surface area (Å²) in [4.78, 5) is 9.73. The summed E-state index contributed by atoms with van der Waals surface area (Å²) in [6.45, 7) is 0. The number of rotatable bonds is 3. The summed E-state index contributed by atoms with van der Waals surface area (Å²) in [5.74, 6) is 0. The highest BCUT2D eigenvalue weighted by Crippen LogP contribution is 1.82. The van der Waals surface area contributed by atoms with Crippen LogP contribution in [0, 0.1) is 10.8 Å². The van der Waals surface area contributed by atoms with Gasteiger partial charge < -0.3 is 0 Å². The molecule has 0 radical (unpaired) electrons. The van der Waals surface area contributed by atoms with Crippen LogP contribution in [-0.2, 0) is 4.79 Å². The number of carbonyl (C=O) groups excluding carboxylic acids is 1. The fourth-order valence-corrected chi connectivity index (χ4v) is 0.265. The second-order valence-corrected chi connectivity index (χ2v) is 1.66. The van der Waals surface area contributed by atoms with Crippen molar-refractivity contribution in [3.63, 3.8) is 0 Å². The number of allylic oxidation sites excluding steroid dienone is 2. The molecule has 0 aliphatic heterocycles. The molecule has 0 fully saturated rings. The number of halogens is 1. The maximum atomic E-state index is 9.73. The van der Waals surface area contributed by atoms with Crippen molar-refractivity contribution in [3.05, 3.63) is 12.2 Å². The van der Waals surface area contributed by atoms with E-state index in [1.165, 1.54) is 0 Å². The van der Waals surface area contributed by atoms with Gasteiger partial charge in [-0.1, -0.05) is 11.6 Å². The zero-order chi connectivity index (χ0) is 7.28. The van der Waals surface area contributed by atoms with Gasteiger partial charge in [-0.05, 0) is 12.2 Å². The highest BCUT2D eigenvalue weighted by atomic mass is 35.5. The molecule has 0 bridgehead atoms. The van der Waals surface area contributed by atoms with Crippen molar-refractivity contribution in [1.82, 2.24) is 0 Å². The van der Waals surface area contributed by atoms with Gasteiger partial charge in [0.05, 0.1) is 5.71 Å². The highest BCUT2D eigenvalue weighted by Gasteiger charge is 1.84. The minimum absolute atomic E-state index is 0.193. The molecular formula is C5H5ClN2O. The quantitative estimate of drug-likeness (QED) is 0.450. The molecule has 0 aliphatic carbocycles. The van der Waals surface area contributed by atoms with Crippen LogP contribution in [0.1, 0.15) is 0 Å². The topological polar surface area (TPSA) is 64.8 Å². The molecule has 2 N–H and O–H groups in total. The Morgan fingerprint density at radius 1 is 1.33 bits per heavy atom. The summed E-state index contributed by atoms with van der Waals surface area (Å²) < 4.78 is 0. The SMILES string of the molecule is N=C(Cl)/C=C\C(=N)C=O. The van der Waals surface area contributed by atoms with Gasteiger partial charge in [0.2, 0.25) is 0 Å². The zero-order valence-electron chi connectivity index (χ0n) is 4.52. The van der Waals surface area contributed by atoms with Gasteiger partial charge in [-0.25, -0.2) is 0 Å². The Bertz CT molecular complexity index is 174. The molecule has 0 unspecified atom stereocenters. The summed E-state index contributed by atoms with van der Waals surface area (Å²) in [6.07, 6.45) is 2.69. The van der Waals surface area contributed by atoms with E-state index in [2.05, 4.69) is 0 Å². The van der Waals surface area contributed by atoms with Gasteiger partial charge in [0.25, 0.3) is 0 Å². The smallest absolute Gasteiger partial charge is 0.167 e. The van der Waals surface area contributed by atoms with E-state index in [4.69, 9.17) is 22.4 Å². The molecule has 0 spiro atoms. The molecule has 4 heteroatoms. The first-order chi connectivity index (χ1) is 4.16. The minimum atomic E-state index is -0.194.